The zero-order valence-electron chi connectivity index (χ0n) is 18.2. The third-order valence-electron chi connectivity index (χ3n) is 5.39. The molecule has 1 amide bonds. The average molecular weight is 399 g/mol. The van der Waals surface area contributed by atoms with E-state index >= 15 is 0 Å². The second-order valence-electron chi connectivity index (χ2n) is 9.72. The Morgan fingerprint density at radius 2 is 1.86 bits per heavy atom. The van der Waals surface area contributed by atoms with Crippen LogP contribution in [0.25, 0.3) is 10.8 Å². The van der Waals surface area contributed by atoms with Crippen LogP contribution in [0.3, 0.4) is 0 Å². The molecule has 2 aromatic rings. The number of likely N-dealkylation sites (tertiary alicyclic amines) is 1. The Balaban J connectivity index is 1.54. The molecule has 5 heteroatoms. The SMILES string of the molecule is CC(C)(Cc1ccc2ccccc2c1)NC[C@@H](O)[C@H]1CCN1C(=O)OC(C)(C)C. The molecule has 2 aromatic carbocycles. The van der Waals surface area contributed by atoms with Crippen LogP contribution in [0.1, 0.15) is 46.6 Å². The lowest BCUT2D eigenvalue weighted by atomic mass is 9.92. The normalized spacial score (nSPS) is 18.4. The topological polar surface area (TPSA) is 61.8 Å². The number of rotatable bonds is 6. The second kappa shape index (κ2) is 8.33. The largest absolute Gasteiger partial charge is 0.444 e. The summed E-state index contributed by atoms with van der Waals surface area (Å²) in [5.74, 6) is 0. The Morgan fingerprint density at radius 1 is 1.17 bits per heavy atom. The van der Waals surface area contributed by atoms with Gasteiger partial charge in [-0.1, -0.05) is 42.5 Å². The molecule has 2 N–H and O–H groups in total. The molecule has 0 radical (unpaired) electrons. The zero-order valence-corrected chi connectivity index (χ0v) is 18.2. The molecule has 0 aliphatic carbocycles. The van der Waals surface area contributed by atoms with Crippen LogP contribution in [0.15, 0.2) is 42.5 Å². The van der Waals surface area contributed by atoms with Crippen LogP contribution in [-0.2, 0) is 11.2 Å². The van der Waals surface area contributed by atoms with Crippen LogP contribution in [-0.4, -0.2) is 52.5 Å². The van der Waals surface area contributed by atoms with Crippen LogP contribution in [0.4, 0.5) is 4.79 Å². The number of amides is 1. The van der Waals surface area contributed by atoms with Crippen molar-refractivity contribution in [3.05, 3.63) is 48.0 Å². The van der Waals surface area contributed by atoms with Crippen molar-refractivity contribution < 1.29 is 14.6 Å². The van der Waals surface area contributed by atoms with Crippen molar-refractivity contribution in [2.24, 2.45) is 0 Å². The molecule has 2 atom stereocenters. The van der Waals surface area contributed by atoms with E-state index in [0.29, 0.717) is 13.1 Å². The van der Waals surface area contributed by atoms with E-state index in [4.69, 9.17) is 4.74 Å². The van der Waals surface area contributed by atoms with Crippen LogP contribution in [0.2, 0.25) is 0 Å². The number of carbonyl (C=O) groups is 1. The summed E-state index contributed by atoms with van der Waals surface area (Å²) in [6.07, 6.45) is 0.688. The lowest BCUT2D eigenvalue weighted by Gasteiger charge is -2.44. The molecule has 0 spiro atoms. The van der Waals surface area contributed by atoms with Gasteiger partial charge in [0.15, 0.2) is 0 Å². The molecule has 29 heavy (non-hydrogen) atoms. The number of carbonyl (C=O) groups excluding carboxylic acids is 1. The van der Waals surface area contributed by atoms with Gasteiger partial charge >= 0.3 is 6.09 Å². The number of aliphatic hydroxyl groups excluding tert-OH is 1. The van der Waals surface area contributed by atoms with E-state index in [1.165, 1.54) is 16.3 Å². The molecule has 1 aliphatic heterocycles. The van der Waals surface area contributed by atoms with Gasteiger partial charge in [0.25, 0.3) is 0 Å². The molecule has 0 bridgehead atoms. The van der Waals surface area contributed by atoms with Gasteiger partial charge in [0.05, 0.1) is 12.1 Å². The molecule has 5 nitrogen and oxygen atoms in total. The molecule has 3 rings (SSSR count). The van der Waals surface area contributed by atoms with Crippen molar-refractivity contribution in [3.63, 3.8) is 0 Å². The first kappa shape index (κ1) is 21.6. The number of hydrogen-bond acceptors (Lipinski definition) is 4. The lowest BCUT2D eigenvalue weighted by molar-refractivity contribution is -0.0405. The van der Waals surface area contributed by atoms with Gasteiger partial charge in [-0.3, -0.25) is 0 Å². The minimum Gasteiger partial charge on any atom is -0.444 e. The summed E-state index contributed by atoms with van der Waals surface area (Å²) in [6.45, 7) is 10.9. The van der Waals surface area contributed by atoms with Crippen molar-refractivity contribution in [2.75, 3.05) is 13.1 Å². The third kappa shape index (κ3) is 5.71. The van der Waals surface area contributed by atoms with E-state index in [0.717, 1.165) is 12.8 Å². The fourth-order valence-electron chi connectivity index (χ4n) is 3.79. The van der Waals surface area contributed by atoms with Gasteiger partial charge in [-0.2, -0.15) is 0 Å². The first-order valence-corrected chi connectivity index (χ1v) is 10.4. The molecule has 0 unspecified atom stereocenters. The highest BCUT2D eigenvalue weighted by Gasteiger charge is 2.39. The predicted octanol–water partition coefficient (Wildman–Crippen LogP) is 4.12. The summed E-state index contributed by atoms with van der Waals surface area (Å²) in [5.41, 5.74) is 0.557. The maximum absolute atomic E-state index is 12.3. The number of nitrogens with one attached hydrogen (secondary N) is 1. The number of fused-ring (bicyclic) bond motifs is 1. The van der Waals surface area contributed by atoms with Crippen molar-refractivity contribution in [3.8, 4) is 0 Å². The average Bonchev–Trinajstić information content (AvgIpc) is 2.57. The molecule has 1 fully saturated rings. The van der Waals surface area contributed by atoms with Crippen LogP contribution in [0, 0.1) is 0 Å². The van der Waals surface area contributed by atoms with Gasteiger partial charge in [0.1, 0.15) is 5.60 Å². The van der Waals surface area contributed by atoms with Gasteiger partial charge in [0, 0.05) is 18.6 Å². The van der Waals surface area contributed by atoms with Gasteiger partial charge in [0.2, 0.25) is 0 Å². The summed E-state index contributed by atoms with van der Waals surface area (Å²) in [7, 11) is 0. The van der Waals surface area contributed by atoms with Gasteiger partial charge in [-0.05, 0) is 63.8 Å². The van der Waals surface area contributed by atoms with E-state index in [2.05, 4.69) is 61.6 Å². The van der Waals surface area contributed by atoms with Crippen molar-refractivity contribution in [1.29, 1.82) is 0 Å². The van der Waals surface area contributed by atoms with Gasteiger partial charge < -0.3 is 20.1 Å². The molecule has 158 valence electrons. The molecular weight excluding hydrogens is 364 g/mol. The minimum atomic E-state index is -0.618. The van der Waals surface area contributed by atoms with Gasteiger partial charge in [-0.15, -0.1) is 0 Å². The first-order chi connectivity index (χ1) is 13.5. The lowest BCUT2D eigenvalue weighted by Crippen LogP contribution is -2.60. The summed E-state index contributed by atoms with van der Waals surface area (Å²) in [5, 5.41) is 16.6. The van der Waals surface area contributed by atoms with Gasteiger partial charge in [-0.25, -0.2) is 4.79 Å². The van der Waals surface area contributed by atoms with Crippen LogP contribution < -0.4 is 5.32 Å². The number of aliphatic hydroxyl groups is 1. The summed E-state index contributed by atoms with van der Waals surface area (Å²) < 4.78 is 5.44. The fourth-order valence-corrected chi connectivity index (χ4v) is 3.79. The van der Waals surface area contributed by atoms with Crippen LogP contribution in [0.5, 0.6) is 0 Å². The maximum Gasteiger partial charge on any atom is 0.410 e. The predicted molar refractivity (Wildman–Crippen MR) is 117 cm³/mol. The Bertz CT molecular complexity index is 857. The van der Waals surface area contributed by atoms with Crippen molar-refractivity contribution >= 4 is 16.9 Å². The molecule has 1 saturated heterocycles. The summed E-state index contributed by atoms with van der Waals surface area (Å²) in [4.78, 5) is 13.9. The monoisotopic (exact) mass is 398 g/mol. The van der Waals surface area contributed by atoms with Crippen LogP contribution >= 0.6 is 0 Å². The smallest absolute Gasteiger partial charge is 0.410 e. The molecule has 1 heterocycles. The number of benzene rings is 2. The van der Waals surface area contributed by atoms with E-state index < -0.39 is 11.7 Å². The zero-order chi connectivity index (χ0) is 21.2. The van der Waals surface area contributed by atoms with Crippen molar-refractivity contribution in [2.45, 2.75) is 70.7 Å². The Hall–Kier alpha value is -2.11. The van der Waals surface area contributed by atoms with Crippen molar-refractivity contribution in [1.82, 2.24) is 10.2 Å². The molecule has 1 aliphatic rings. The number of nitrogens with zero attached hydrogens (tertiary/aromatic N) is 1. The van der Waals surface area contributed by atoms with E-state index in [9.17, 15) is 9.90 Å². The minimum absolute atomic E-state index is 0.177. The van der Waals surface area contributed by atoms with E-state index in [-0.39, 0.29) is 17.7 Å². The Kier molecular flexibility index (Phi) is 6.20. The summed E-state index contributed by atoms with van der Waals surface area (Å²) in [6, 6.07) is 14.7. The standard InChI is InChI=1S/C24H34N2O3/c1-23(2,3)29-22(28)26-13-12-20(26)21(27)16-25-24(4,5)15-17-10-11-18-8-6-7-9-19(18)14-17/h6-11,14,20-21,25,27H,12-13,15-16H2,1-5H3/t20-,21-/m1/s1. The van der Waals surface area contributed by atoms with E-state index in [1.807, 2.05) is 20.8 Å². The fraction of sp³-hybridized carbons (Fsp3) is 0.542. The molecule has 0 aromatic heterocycles. The summed E-state index contributed by atoms with van der Waals surface area (Å²) >= 11 is 0. The number of β-amino-alcohol motifs (C(OH)–C–C–N with tert-alkyl or cyclic N) is 1. The highest BCUT2D eigenvalue weighted by atomic mass is 16.6. The second-order valence-corrected chi connectivity index (χ2v) is 9.72. The number of hydrogen-bond donors (Lipinski definition) is 2. The highest BCUT2D eigenvalue weighted by Crippen LogP contribution is 2.24. The number of ether oxygens (including phenoxy) is 1. The first-order valence-electron chi connectivity index (χ1n) is 10.4. The van der Waals surface area contributed by atoms with E-state index in [1.54, 1.807) is 4.90 Å². The third-order valence-corrected chi connectivity index (χ3v) is 5.39. The Morgan fingerprint density at radius 3 is 2.48 bits per heavy atom. The molecule has 0 saturated carbocycles. The maximum atomic E-state index is 12.3. The quantitative estimate of drug-likeness (QED) is 0.768. The Labute approximate surface area is 174 Å². The highest BCUT2D eigenvalue weighted by molar-refractivity contribution is 5.83. The molecular formula is C24H34N2O3.